The number of H-pyrrole nitrogens is 1. The fraction of sp³-hybridized carbons (Fsp3) is 0.550. The van der Waals surface area contributed by atoms with Gasteiger partial charge in [0.05, 0.1) is 5.56 Å². The van der Waals surface area contributed by atoms with Crippen molar-refractivity contribution >= 4 is 17.8 Å². The number of amides is 2. The van der Waals surface area contributed by atoms with Crippen LogP contribution < -0.4 is 15.8 Å². The number of nitrogens with one attached hydrogen (secondary N) is 2. The van der Waals surface area contributed by atoms with Gasteiger partial charge in [0.2, 0.25) is 5.95 Å². The molecule has 2 aliphatic rings. The van der Waals surface area contributed by atoms with E-state index in [1.807, 2.05) is 0 Å². The molecule has 13 heteroatoms. The molecule has 2 aliphatic heterocycles. The number of aryl methyl sites for hydroxylation is 1. The lowest BCUT2D eigenvalue weighted by Gasteiger charge is -2.40. The van der Waals surface area contributed by atoms with E-state index in [0.717, 1.165) is 25.2 Å². The predicted molar refractivity (Wildman–Crippen MR) is 114 cm³/mol. The van der Waals surface area contributed by atoms with Crippen LogP contribution in [0.15, 0.2) is 23.3 Å². The summed E-state index contributed by atoms with van der Waals surface area (Å²) in [5, 5.41) is 9.73. The lowest BCUT2D eigenvalue weighted by Crippen LogP contribution is -2.56. The molecule has 0 radical (unpaired) electrons. The second-order valence-corrected chi connectivity index (χ2v) is 8.22. The third kappa shape index (κ3) is 5.34. The first-order valence-corrected chi connectivity index (χ1v) is 10.7. The van der Waals surface area contributed by atoms with Crippen LogP contribution in [0.4, 0.5) is 29.7 Å². The van der Waals surface area contributed by atoms with Crippen molar-refractivity contribution in [1.82, 2.24) is 30.0 Å². The zero-order valence-electron chi connectivity index (χ0n) is 18.1. The van der Waals surface area contributed by atoms with Crippen molar-refractivity contribution in [3.63, 3.8) is 0 Å². The number of hydrogen-bond acceptors (Lipinski definition) is 7. The lowest BCUT2D eigenvalue weighted by atomic mass is 10.1. The minimum Gasteiger partial charge on any atom is -0.364 e. The zero-order chi connectivity index (χ0) is 23.6. The van der Waals surface area contributed by atoms with Gasteiger partial charge in [-0.3, -0.25) is 4.79 Å². The van der Waals surface area contributed by atoms with Gasteiger partial charge >= 0.3 is 12.2 Å². The molecule has 178 valence electrons. The standard InChI is InChI=1S/C20H25F3N8O2/c1-13-9-16(27-28-17(13)32)26-15-3-2-4-31(12-15)19(33)30-7-5-29(6-8-30)18-24-10-14(11-25-18)20(21,22)23/h9-11,15H,2-8,12H2,1H3,(H,26,27)(H,28,32)/t15-/m1/s1. The topological polar surface area (TPSA) is 110 Å². The van der Waals surface area contributed by atoms with Crippen molar-refractivity contribution in [2.75, 3.05) is 49.5 Å². The molecule has 4 rings (SSSR count). The molecule has 2 saturated heterocycles. The van der Waals surface area contributed by atoms with Crippen LogP contribution in [0.25, 0.3) is 0 Å². The Kier molecular flexibility index (Phi) is 6.38. The maximum Gasteiger partial charge on any atom is 0.419 e. The maximum atomic E-state index is 13.0. The monoisotopic (exact) mass is 466 g/mol. The number of piperidine rings is 1. The Bertz CT molecular complexity index is 1030. The third-order valence-corrected chi connectivity index (χ3v) is 5.83. The number of halogens is 3. The number of piperazine rings is 1. The van der Waals surface area contributed by atoms with E-state index in [1.54, 1.807) is 27.7 Å². The molecule has 1 atom stereocenters. The van der Waals surface area contributed by atoms with E-state index in [0.29, 0.717) is 50.6 Å². The molecule has 33 heavy (non-hydrogen) atoms. The summed E-state index contributed by atoms with van der Waals surface area (Å²) in [5.41, 5.74) is -0.562. The van der Waals surface area contributed by atoms with Gasteiger partial charge in [0.25, 0.3) is 5.56 Å². The van der Waals surface area contributed by atoms with Gasteiger partial charge in [0.1, 0.15) is 5.82 Å². The van der Waals surface area contributed by atoms with Crippen LogP contribution in [0.2, 0.25) is 0 Å². The maximum absolute atomic E-state index is 13.0. The number of urea groups is 1. The quantitative estimate of drug-likeness (QED) is 0.709. The molecule has 2 N–H and O–H groups in total. The van der Waals surface area contributed by atoms with Gasteiger partial charge in [0.15, 0.2) is 0 Å². The molecule has 0 saturated carbocycles. The van der Waals surface area contributed by atoms with E-state index in [1.165, 1.54) is 0 Å². The number of rotatable bonds is 3. The van der Waals surface area contributed by atoms with Gasteiger partial charge in [-0.05, 0) is 25.8 Å². The number of alkyl halides is 3. The summed E-state index contributed by atoms with van der Waals surface area (Å²) in [4.78, 5) is 37.5. The number of hydrogen-bond donors (Lipinski definition) is 2. The number of aromatic nitrogens is 4. The Balaban J connectivity index is 1.30. The van der Waals surface area contributed by atoms with Crippen LogP contribution in [0.5, 0.6) is 0 Å². The van der Waals surface area contributed by atoms with Crippen LogP contribution in [-0.2, 0) is 6.18 Å². The first-order chi connectivity index (χ1) is 15.7. The van der Waals surface area contributed by atoms with E-state index in [9.17, 15) is 22.8 Å². The Hall–Kier alpha value is -3.38. The predicted octanol–water partition coefficient (Wildman–Crippen LogP) is 1.71. The van der Waals surface area contributed by atoms with Gasteiger partial charge < -0.3 is 20.0 Å². The lowest BCUT2D eigenvalue weighted by molar-refractivity contribution is -0.138. The number of aromatic amines is 1. The molecule has 0 unspecified atom stereocenters. The van der Waals surface area contributed by atoms with E-state index >= 15 is 0 Å². The number of likely N-dealkylation sites (tertiary alicyclic amines) is 1. The van der Waals surface area contributed by atoms with Crippen molar-refractivity contribution in [1.29, 1.82) is 0 Å². The fourth-order valence-electron chi connectivity index (χ4n) is 3.98. The first kappa shape index (κ1) is 22.8. The minimum atomic E-state index is -4.47. The van der Waals surface area contributed by atoms with Crippen LogP contribution in [0.3, 0.4) is 0 Å². The molecule has 0 aromatic carbocycles. The normalized spacial score (nSPS) is 19.5. The van der Waals surface area contributed by atoms with E-state index in [-0.39, 0.29) is 23.6 Å². The van der Waals surface area contributed by atoms with Crippen molar-refractivity contribution < 1.29 is 18.0 Å². The van der Waals surface area contributed by atoms with Crippen molar-refractivity contribution in [2.24, 2.45) is 0 Å². The van der Waals surface area contributed by atoms with Gasteiger partial charge in [0, 0.05) is 63.3 Å². The van der Waals surface area contributed by atoms with Crippen molar-refractivity contribution in [2.45, 2.75) is 32.0 Å². The first-order valence-electron chi connectivity index (χ1n) is 10.7. The summed E-state index contributed by atoms with van der Waals surface area (Å²) < 4.78 is 38.1. The van der Waals surface area contributed by atoms with Crippen molar-refractivity contribution in [3.05, 3.63) is 39.9 Å². The Labute approximate surface area is 187 Å². The van der Waals surface area contributed by atoms with Crippen LogP contribution in [0.1, 0.15) is 24.0 Å². The second kappa shape index (κ2) is 9.24. The summed E-state index contributed by atoms with van der Waals surface area (Å²) in [7, 11) is 0. The number of carbonyl (C=O) groups is 1. The van der Waals surface area contributed by atoms with Crippen LogP contribution >= 0.6 is 0 Å². The average Bonchev–Trinajstić information content (AvgIpc) is 2.81. The van der Waals surface area contributed by atoms with E-state index in [2.05, 4.69) is 25.5 Å². The second-order valence-electron chi connectivity index (χ2n) is 8.22. The highest BCUT2D eigenvalue weighted by atomic mass is 19.4. The molecule has 0 bridgehead atoms. The Morgan fingerprint density at radius 2 is 1.82 bits per heavy atom. The van der Waals surface area contributed by atoms with Crippen LogP contribution in [-0.4, -0.2) is 81.3 Å². The summed E-state index contributed by atoms with van der Waals surface area (Å²) >= 11 is 0. The van der Waals surface area contributed by atoms with Crippen molar-refractivity contribution in [3.8, 4) is 0 Å². The molecular weight excluding hydrogens is 441 g/mol. The van der Waals surface area contributed by atoms with Gasteiger partial charge in [-0.2, -0.15) is 18.3 Å². The molecule has 2 amide bonds. The number of anilines is 2. The minimum absolute atomic E-state index is 0.0161. The third-order valence-electron chi connectivity index (χ3n) is 5.83. The number of nitrogens with zero attached hydrogens (tertiary/aromatic N) is 6. The van der Waals surface area contributed by atoms with Gasteiger partial charge in [-0.15, -0.1) is 0 Å². The fourth-order valence-corrected chi connectivity index (χ4v) is 3.98. The largest absolute Gasteiger partial charge is 0.419 e. The van der Waals surface area contributed by atoms with Gasteiger partial charge in [-0.1, -0.05) is 0 Å². The van der Waals surface area contributed by atoms with Gasteiger partial charge in [-0.25, -0.2) is 19.9 Å². The summed E-state index contributed by atoms with van der Waals surface area (Å²) in [6.45, 7) is 4.60. The molecule has 2 fully saturated rings. The molecule has 4 heterocycles. The summed E-state index contributed by atoms with van der Waals surface area (Å²) in [5.74, 6) is 0.789. The highest BCUT2D eigenvalue weighted by Crippen LogP contribution is 2.28. The summed E-state index contributed by atoms with van der Waals surface area (Å²) in [6, 6.07) is 1.63. The highest BCUT2D eigenvalue weighted by Gasteiger charge is 2.33. The molecule has 2 aromatic heterocycles. The molecule has 2 aromatic rings. The molecule has 0 spiro atoms. The smallest absolute Gasteiger partial charge is 0.364 e. The summed E-state index contributed by atoms with van der Waals surface area (Å²) in [6.07, 6.45) is -1.20. The Morgan fingerprint density at radius 1 is 1.12 bits per heavy atom. The zero-order valence-corrected chi connectivity index (χ0v) is 18.1. The number of carbonyl (C=O) groups excluding carboxylic acids is 1. The highest BCUT2D eigenvalue weighted by molar-refractivity contribution is 5.75. The van der Waals surface area contributed by atoms with E-state index < -0.39 is 11.7 Å². The Morgan fingerprint density at radius 3 is 2.45 bits per heavy atom. The molecule has 10 nitrogen and oxygen atoms in total. The van der Waals surface area contributed by atoms with E-state index in [4.69, 9.17) is 0 Å². The SMILES string of the molecule is Cc1cc(N[C@@H]2CCCN(C(=O)N3CCN(c4ncc(C(F)(F)F)cn4)CC3)C2)n[nH]c1=O. The van der Waals surface area contributed by atoms with Crippen LogP contribution in [0, 0.1) is 6.92 Å². The molecular formula is C20H25F3N8O2. The average molecular weight is 466 g/mol. The molecule has 0 aliphatic carbocycles.